The van der Waals surface area contributed by atoms with Gasteiger partial charge in [0.25, 0.3) is 0 Å². The van der Waals surface area contributed by atoms with Crippen LogP contribution in [0.2, 0.25) is 0 Å². The third-order valence-corrected chi connectivity index (χ3v) is 4.14. The molecule has 2 aliphatic heterocycles. The molecule has 1 aromatic rings. The van der Waals surface area contributed by atoms with Crippen LogP contribution in [0.1, 0.15) is 0 Å². The van der Waals surface area contributed by atoms with E-state index in [-0.39, 0.29) is 5.82 Å². The first kappa shape index (κ1) is 15.2. The van der Waals surface area contributed by atoms with Crippen molar-refractivity contribution in [2.75, 3.05) is 64.1 Å². The van der Waals surface area contributed by atoms with E-state index in [0.717, 1.165) is 59.2 Å². The summed E-state index contributed by atoms with van der Waals surface area (Å²) < 4.78 is 19.1. The molecule has 2 fully saturated rings. The zero-order valence-electron chi connectivity index (χ0n) is 12.8. The molecule has 0 N–H and O–H groups in total. The summed E-state index contributed by atoms with van der Waals surface area (Å²) in [6.07, 6.45) is 1.94. The number of rotatable bonds is 4. The third-order valence-electron chi connectivity index (χ3n) is 4.14. The van der Waals surface area contributed by atoms with Gasteiger partial charge in [-0.3, -0.25) is 9.89 Å². The molecule has 0 unspecified atom stereocenters. The van der Waals surface area contributed by atoms with Gasteiger partial charge in [-0.15, -0.1) is 0 Å². The monoisotopic (exact) mass is 306 g/mol. The van der Waals surface area contributed by atoms with Gasteiger partial charge >= 0.3 is 0 Å². The predicted molar refractivity (Wildman–Crippen MR) is 85.9 cm³/mol. The lowest BCUT2D eigenvalue weighted by atomic mass is 10.2. The fourth-order valence-corrected chi connectivity index (χ4v) is 2.80. The third kappa shape index (κ3) is 3.96. The molecular weight excluding hydrogens is 283 g/mol. The van der Waals surface area contributed by atoms with Crippen molar-refractivity contribution < 1.29 is 9.13 Å². The Labute approximate surface area is 131 Å². The van der Waals surface area contributed by atoms with Gasteiger partial charge in [-0.1, -0.05) is 12.1 Å². The molecule has 0 spiro atoms. The summed E-state index contributed by atoms with van der Waals surface area (Å²) in [5, 5.41) is 0. The van der Waals surface area contributed by atoms with E-state index in [9.17, 15) is 4.39 Å². The van der Waals surface area contributed by atoms with E-state index < -0.39 is 0 Å². The van der Waals surface area contributed by atoms with Crippen LogP contribution < -0.4 is 4.90 Å². The Morgan fingerprint density at radius 1 is 1.05 bits per heavy atom. The highest BCUT2D eigenvalue weighted by Gasteiger charge is 2.17. The van der Waals surface area contributed by atoms with E-state index in [2.05, 4.69) is 19.7 Å². The van der Waals surface area contributed by atoms with Crippen molar-refractivity contribution in [3.8, 4) is 0 Å². The van der Waals surface area contributed by atoms with Crippen molar-refractivity contribution in [2.24, 2.45) is 4.99 Å². The lowest BCUT2D eigenvalue weighted by molar-refractivity contribution is 0.0393. The first-order valence-electron chi connectivity index (χ1n) is 7.86. The highest BCUT2D eigenvalue weighted by Crippen LogP contribution is 2.19. The maximum atomic E-state index is 13.8. The molecule has 5 nitrogen and oxygen atoms in total. The second kappa shape index (κ2) is 7.56. The van der Waals surface area contributed by atoms with E-state index in [4.69, 9.17) is 4.74 Å². The van der Waals surface area contributed by atoms with E-state index in [1.165, 1.54) is 6.07 Å². The van der Waals surface area contributed by atoms with Crippen LogP contribution >= 0.6 is 0 Å². The van der Waals surface area contributed by atoms with Crippen LogP contribution in [-0.4, -0.2) is 75.3 Å². The van der Waals surface area contributed by atoms with Crippen LogP contribution in [0.3, 0.4) is 0 Å². The minimum Gasteiger partial charge on any atom is -0.379 e. The average Bonchev–Trinajstić information content (AvgIpc) is 2.57. The molecule has 0 atom stereocenters. The lowest BCUT2D eigenvalue weighted by Gasteiger charge is -2.35. The fourth-order valence-electron chi connectivity index (χ4n) is 2.80. The number of halogens is 1. The number of ether oxygens (including phenoxy) is 1. The number of morpholine rings is 1. The van der Waals surface area contributed by atoms with Crippen molar-refractivity contribution >= 4 is 12.0 Å². The Morgan fingerprint density at radius 2 is 1.77 bits per heavy atom. The standard InChI is InChI=1S/C16H23FN4O/c17-15-3-1-2-4-16(15)21-7-5-19(6-8-21)13-18-14-20-9-11-22-12-10-20/h1-4,13H,5-12,14H2/b18-13+. The molecular formula is C16H23FN4O. The van der Waals surface area contributed by atoms with Gasteiger partial charge in [0, 0.05) is 39.3 Å². The van der Waals surface area contributed by atoms with Gasteiger partial charge in [0.1, 0.15) is 5.82 Å². The molecule has 2 saturated heterocycles. The van der Waals surface area contributed by atoms with E-state index in [1.54, 1.807) is 6.07 Å². The number of nitrogens with zero attached hydrogens (tertiary/aromatic N) is 4. The summed E-state index contributed by atoms with van der Waals surface area (Å²) in [5.74, 6) is -0.142. The zero-order chi connectivity index (χ0) is 15.2. The average molecular weight is 306 g/mol. The summed E-state index contributed by atoms with van der Waals surface area (Å²) in [6.45, 7) is 7.65. The topological polar surface area (TPSA) is 31.3 Å². The molecule has 0 saturated carbocycles. The number of anilines is 1. The molecule has 0 aromatic heterocycles. The second-order valence-electron chi connectivity index (χ2n) is 5.64. The van der Waals surface area contributed by atoms with Crippen LogP contribution in [0.25, 0.3) is 0 Å². The van der Waals surface area contributed by atoms with Crippen molar-refractivity contribution in [3.05, 3.63) is 30.1 Å². The Kier molecular flexibility index (Phi) is 5.24. The molecule has 22 heavy (non-hydrogen) atoms. The molecule has 0 radical (unpaired) electrons. The first-order chi connectivity index (χ1) is 10.8. The Bertz CT molecular complexity index is 497. The predicted octanol–water partition coefficient (Wildman–Crippen LogP) is 1.27. The van der Waals surface area contributed by atoms with Crippen LogP contribution in [0.4, 0.5) is 10.1 Å². The molecule has 0 aliphatic carbocycles. The number of benzene rings is 1. The van der Waals surface area contributed by atoms with Crippen molar-refractivity contribution in [3.63, 3.8) is 0 Å². The maximum Gasteiger partial charge on any atom is 0.146 e. The Morgan fingerprint density at radius 3 is 2.50 bits per heavy atom. The minimum absolute atomic E-state index is 0.142. The molecule has 3 rings (SSSR count). The smallest absolute Gasteiger partial charge is 0.146 e. The van der Waals surface area contributed by atoms with Gasteiger partial charge in [-0.25, -0.2) is 4.39 Å². The van der Waals surface area contributed by atoms with Crippen LogP contribution in [0.5, 0.6) is 0 Å². The van der Waals surface area contributed by atoms with E-state index in [1.807, 2.05) is 18.5 Å². The number of hydrogen-bond donors (Lipinski definition) is 0. The molecule has 0 bridgehead atoms. The van der Waals surface area contributed by atoms with Gasteiger partial charge in [0.2, 0.25) is 0 Å². The van der Waals surface area contributed by atoms with Crippen LogP contribution in [-0.2, 0) is 4.74 Å². The minimum atomic E-state index is -0.142. The fraction of sp³-hybridized carbons (Fsp3) is 0.562. The second-order valence-corrected chi connectivity index (χ2v) is 5.64. The number of aliphatic imine (C=N–C) groups is 1. The number of piperazine rings is 1. The first-order valence-corrected chi connectivity index (χ1v) is 7.86. The van der Waals surface area contributed by atoms with Crippen LogP contribution in [0, 0.1) is 5.82 Å². The van der Waals surface area contributed by atoms with Crippen LogP contribution in [0.15, 0.2) is 29.3 Å². The van der Waals surface area contributed by atoms with Gasteiger partial charge in [0.15, 0.2) is 0 Å². The summed E-state index contributed by atoms with van der Waals surface area (Å²) in [4.78, 5) is 11.1. The van der Waals surface area contributed by atoms with Crippen molar-refractivity contribution in [1.29, 1.82) is 0 Å². The normalized spacial score (nSPS) is 20.8. The SMILES string of the molecule is Fc1ccccc1N1CCN(/C=N/CN2CCOCC2)CC1. The van der Waals surface area contributed by atoms with Crippen molar-refractivity contribution in [1.82, 2.24) is 9.80 Å². The molecule has 120 valence electrons. The zero-order valence-corrected chi connectivity index (χ0v) is 12.8. The summed E-state index contributed by atoms with van der Waals surface area (Å²) in [6, 6.07) is 6.98. The van der Waals surface area contributed by atoms with E-state index >= 15 is 0 Å². The van der Waals surface area contributed by atoms with Gasteiger partial charge in [-0.05, 0) is 12.1 Å². The van der Waals surface area contributed by atoms with Gasteiger partial charge in [-0.2, -0.15) is 0 Å². The molecule has 2 aliphatic rings. The quantitative estimate of drug-likeness (QED) is 0.619. The molecule has 1 aromatic carbocycles. The number of para-hydroxylation sites is 1. The molecule has 2 heterocycles. The van der Waals surface area contributed by atoms with E-state index in [0.29, 0.717) is 5.69 Å². The van der Waals surface area contributed by atoms with Gasteiger partial charge in [0.05, 0.1) is 31.9 Å². The molecule has 6 heteroatoms. The Balaban J connectivity index is 1.44. The summed E-state index contributed by atoms with van der Waals surface area (Å²) in [7, 11) is 0. The largest absolute Gasteiger partial charge is 0.379 e. The lowest BCUT2D eigenvalue weighted by Crippen LogP contribution is -2.46. The maximum absolute atomic E-state index is 13.8. The van der Waals surface area contributed by atoms with Gasteiger partial charge < -0.3 is 14.5 Å². The summed E-state index contributed by atoms with van der Waals surface area (Å²) >= 11 is 0. The highest BCUT2D eigenvalue weighted by molar-refractivity contribution is 5.56. The van der Waals surface area contributed by atoms with Crippen molar-refractivity contribution in [2.45, 2.75) is 0 Å². The molecule has 0 amide bonds. The summed E-state index contributed by atoms with van der Waals surface area (Å²) in [5.41, 5.74) is 0.701. The number of hydrogen-bond acceptors (Lipinski definition) is 4. The Hall–Kier alpha value is -1.66. The highest BCUT2D eigenvalue weighted by atomic mass is 19.1.